The quantitative estimate of drug-likeness (QED) is 0.744. The lowest BCUT2D eigenvalue weighted by Crippen LogP contribution is -2.44. The molecule has 1 heterocycles. The Morgan fingerprint density at radius 1 is 1.38 bits per heavy atom. The molecule has 0 bridgehead atoms. The maximum absolute atomic E-state index is 11.4. The highest BCUT2D eigenvalue weighted by Crippen LogP contribution is 2.09. The predicted molar refractivity (Wildman–Crippen MR) is 66.4 cm³/mol. The monoisotopic (exact) mass is 227 g/mol. The van der Waals surface area contributed by atoms with Crippen molar-refractivity contribution in [1.82, 2.24) is 15.1 Å². The zero-order valence-corrected chi connectivity index (χ0v) is 10.8. The molecule has 0 radical (unpaired) electrons. The van der Waals surface area contributed by atoms with E-state index in [0.717, 1.165) is 26.1 Å². The van der Waals surface area contributed by atoms with Crippen molar-refractivity contribution in [3.8, 4) is 0 Å². The first-order valence-electron chi connectivity index (χ1n) is 6.22. The molecule has 1 rings (SSSR count). The summed E-state index contributed by atoms with van der Waals surface area (Å²) in [5, 5.41) is 3.42. The highest BCUT2D eigenvalue weighted by atomic mass is 16.2. The first-order chi connectivity index (χ1) is 7.61. The van der Waals surface area contributed by atoms with Gasteiger partial charge in [-0.2, -0.15) is 0 Å². The van der Waals surface area contributed by atoms with Crippen molar-refractivity contribution in [3.63, 3.8) is 0 Å². The third-order valence-electron chi connectivity index (χ3n) is 3.29. The number of likely N-dealkylation sites (N-methyl/N-ethyl adjacent to an activating group) is 1. The van der Waals surface area contributed by atoms with Crippen LogP contribution in [0, 0.1) is 0 Å². The van der Waals surface area contributed by atoms with Crippen LogP contribution in [0.15, 0.2) is 0 Å². The van der Waals surface area contributed by atoms with Crippen molar-refractivity contribution in [2.45, 2.75) is 31.7 Å². The van der Waals surface area contributed by atoms with Crippen LogP contribution in [-0.4, -0.2) is 62.5 Å². The minimum Gasteiger partial charge on any atom is -0.349 e. The van der Waals surface area contributed by atoms with Crippen molar-refractivity contribution < 1.29 is 4.79 Å². The molecule has 0 spiro atoms. The lowest BCUT2D eigenvalue weighted by atomic mass is 10.1. The van der Waals surface area contributed by atoms with Gasteiger partial charge in [0.25, 0.3) is 0 Å². The van der Waals surface area contributed by atoms with Gasteiger partial charge in [0.15, 0.2) is 0 Å². The lowest BCUT2D eigenvalue weighted by Gasteiger charge is -2.31. The Labute approximate surface area is 99.0 Å². The Bertz CT molecular complexity index is 212. The van der Waals surface area contributed by atoms with Crippen LogP contribution < -0.4 is 5.32 Å². The van der Waals surface area contributed by atoms with Gasteiger partial charge >= 0.3 is 0 Å². The fourth-order valence-corrected chi connectivity index (χ4v) is 2.10. The molecule has 0 aromatic rings. The maximum atomic E-state index is 11.4. The minimum atomic E-state index is 0.232. The minimum absolute atomic E-state index is 0.232. The number of carbonyl (C=O) groups is 1. The van der Waals surface area contributed by atoms with Crippen LogP contribution in [0.5, 0.6) is 0 Å². The summed E-state index contributed by atoms with van der Waals surface area (Å²) in [5.74, 6) is 0.232. The molecule has 1 aliphatic rings. The molecule has 0 saturated carbocycles. The number of hydrogen-bond acceptors (Lipinski definition) is 3. The summed E-state index contributed by atoms with van der Waals surface area (Å²) in [6.07, 6.45) is 4.18. The SMILES string of the molecule is CN(C)C(=O)CCCN(C)C1CCCNC1. The van der Waals surface area contributed by atoms with Crippen LogP contribution in [-0.2, 0) is 4.79 Å². The number of amides is 1. The fraction of sp³-hybridized carbons (Fsp3) is 0.917. The van der Waals surface area contributed by atoms with E-state index in [9.17, 15) is 4.79 Å². The summed E-state index contributed by atoms with van der Waals surface area (Å²) in [5.41, 5.74) is 0. The number of hydrogen-bond donors (Lipinski definition) is 1. The Morgan fingerprint density at radius 3 is 2.69 bits per heavy atom. The van der Waals surface area contributed by atoms with Crippen molar-refractivity contribution in [2.75, 3.05) is 40.8 Å². The summed E-state index contributed by atoms with van der Waals surface area (Å²) < 4.78 is 0. The summed E-state index contributed by atoms with van der Waals surface area (Å²) in [6, 6.07) is 0.656. The van der Waals surface area contributed by atoms with Crippen molar-refractivity contribution in [3.05, 3.63) is 0 Å². The molecule has 1 aliphatic heterocycles. The van der Waals surface area contributed by atoms with Gasteiger partial charge in [0.2, 0.25) is 5.91 Å². The topological polar surface area (TPSA) is 35.6 Å². The average Bonchev–Trinajstić information content (AvgIpc) is 2.29. The van der Waals surface area contributed by atoms with Crippen LogP contribution in [0.25, 0.3) is 0 Å². The molecule has 1 unspecified atom stereocenters. The van der Waals surface area contributed by atoms with E-state index in [1.54, 1.807) is 4.90 Å². The van der Waals surface area contributed by atoms with E-state index in [4.69, 9.17) is 0 Å². The van der Waals surface area contributed by atoms with Gasteiger partial charge in [-0.05, 0) is 39.4 Å². The highest BCUT2D eigenvalue weighted by molar-refractivity contribution is 5.75. The second-order valence-corrected chi connectivity index (χ2v) is 4.87. The zero-order chi connectivity index (χ0) is 12.0. The highest BCUT2D eigenvalue weighted by Gasteiger charge is 2.17. The van der Waals surface area contributed by atoms with Crippen LogP contribution in [0.1, 0.15) is 25.7 Å². The molecule has 0 aromatic heterocycles. The number of nitrogens with zero attached hydrogens (tertiary/aromatic N) is 2. The van der Waals surface area contributed by atoms with Gasteiger partial charge in [0, 0.05) is 33.1 Å². The van der Waals surface area contributed by atoms with E-state index < -0.39 is 0 Å². The molecule has 1 N–H and O–H groups in total. The van der Waals surface area contributed by atoms with Gasteiger partial charge < -0.3 is 15.1 Å². The van der Waals surface area contributed by atoms with Gasteiger partial charge in [-0.3, -0.25) is 4.79 Å². The molecule has 0 aliphatic carbocycles. The first-order valence-corrected chi connectivity index (χ1v) is 6.22. The second-order valence-electron chi connectivity index (χ2n) is 4.87. The number of nitrogens with one attached hydrogen (secondary N) is 1. The smallest absolute Gasteiger partial charge is 0.222 e. The van der Waals surface area contributed by atoms with Gasteiger partial charge in [-0.15, -0.1) is 0 Å². The predicted octanol–water partition coefficient (Wildman–Crippen LogP) is 0.539. The van der Waals surface area contributed by atoms with E-state index in [2.05, 4.69) is 17.3 Å². The molecular weight excluding hydrogens is 202 g/mol. The standard InChI is InChI=1S/C12H25N3O/c1-14(2)12(16)7-5-9-15(3)11-6-4-8-13-10-11/h11,13H,4-10H2,1-3H3. The van der Waals surface area contributed by atoms with E-state index in [0.29, 0.717) is 12.5 Å². The molecule has 4 heteroatoms. The molecule has 0 aromatic carbocycles. The van der Waals surface area contributed by atoms with Crippen molar-refractivity contribution in [1.29, 1.82) is 0 Å². The second kappa shape index (κ2) is 6.86. The van der Waals surface area contributed by atoms with Gasteiger partial charge in [0.05, 0.1) is 0 Å². The van der Waals surface area contributed by atoms with E-state index in [1.165, 1.54) is 12.8 Å². The third-order valence-corrected chi connectivity index (χ3v) is 3.29. The van der Waals surface area contributed by atoms with E-state index in [1.807, 2.05) is 14.1 Å². The van der Waals surface area contributed by atoms with Gasteiger partial charge in [0.1, 0.15) is 0 Å². The summed E-state index contributed by atoms with van der Waals surface area (Å²) in [7, 11) is 5.80. The molecule has 1 atom stereocenters. The van der Waals surface area contributed by atoms with Crippen LogP contribution in [0.3, 0.4) is 0 Å². The Morgan fingerprint density at radius 2 is 2.12 bits per heavy atom. The maximum Gasteiger partial charge on any atom is 0.222 e. The molecule has 1 amide bonds. The van der Waals surface area contributed by atoms with Gasteiger partial charge in [-0.1, -0.05) is 0 Å². The number of piperidine rings is 1. The summed E-state index contributed by atoms with van der Waals surface area (Å²) in [4.78, 5) is 15.4. The molecule has 94 valence electrons. The molecule has 1 saturated heterocycles. The fourth-order valence-electron chi connectivity index (χ4n) is 2.10. The number of rotatable bonds is 5. The Kier molecular flexibility index (Phi) is 5.77. The van der Waals surface area contributed by atoms with Crippen LogP contribution in [0.2, 0.25) is 0 Å². The van der Waals surface area contributed by atoms with E-state index in [-0.39, 0.29) is 5.91 Å². The molecule has 4 nitrogen and oxygen atoms in total. The normalized spacial score (nSPS) is 21.1. The number of carbonyl (C=O) groups excluding carboxylic acids is 1. The summed E-state index contributed by atoms with van der Waals surface area (Å²) in [6.45, 7) is 3.27. The Balaban J connectivity index is 2.14. The van der Waals surface area contributed by atoms with E-state index >= 15 is 0 Å². The van der Waals surface area contributed by atoms with Gasteiger partial charge in [-0.25, -0.2) is 0 Å². The molecule has 16 heavy (non-hydrogen) atoms. The zero-order valence-electron chi connectivity index (χ0n) is 10.8. The first kappa shape index (κ1) is 13.5. The van der Waals surface area contributed by atoms with Crippen molar-refractivity contribution >= 4 is 5.91 Å². The molecule has 1 fully saturated rings. The van der Waals surface area contributed by atoms with Crippen molar-refractivity contribution in [2.24, 2.45) is 0 Å². The van der Waals surface area contributed by atoms with Crippen LogP contribution in [0.4, 0.5) is 0 Å². The lowest BCUT2D eigenvalue weighted by molar-refractivity contribution is -0.128. The summed E-state index contributed by atoms with van der Waals surface area (Å²) >= 11 is 0. The Hall–Kier alpha value is -0.610. The third kappa shape index (κ3) is 4.49. The molecular formula is C12H25N3O. The average molecular weight is 227 g/mol. The largest absolute Gasteiger partial charge is 0.349 e. The van der Waals surface area contributed by atoms with Crippen LogP contribution >= 0.6 is 0 Å².